The van der Waals surface area contributed by atoms with Crippen molar-refractivity contribution in [1.29, 1.82) is 0 Å². The first-order chi connectivity index (χ1) is 12.5. The maximum absolute atomic E-state index is 12.1. The van der Waals surface area contributed by atoms with Crippen LogP contribution in [0.15, 0.2) is 53.7 Å². The number of amides is 1. The number of halogens is 2. The maximum Gasteiger partial charge on any atom is 0.230 e. The van der Waals surface area contributed by atoms with E-state index in [1.54, 1.807) is 18.2 Å². The number of carbonyl (C=O) groups is 1. The lowest BCUT2D eigenvalue weighted by molar-refractivity contribution is -0.118. The van der Waals surface area contributed by atoms with Crippen molar-refractivity contribution in [3.63, 3.8) is 0 Å². The largest absolute Gasteiger partial charge is 0.351 e. The predicted molar refractivity (Wildman–Crippen MR) is 105 cm³/mol. The molecule has 134 valence electrons. The molecule has 0 aliphatic heterocycles. The fraction of sp³-hybridized carbons (Fsp3) is 0.167. The Kier molecular flexibility index (Phi) is 6.19. The Bertz CT molecular complexity index is 912. The molecule has 3 rings (SSSR count). The van der Waals surface area contributed by atoms with Gasteiger partial charge in [0.05, 0.1) is 5.75 Å². The Morgan fingerprint density at radius 2 is 1.85 bits per heavy atom. The number of nitrogens with zero attached hydrogens (tertiary/aromatic N) is 3. The van der Waals surface area contributed by atoms with E-state index >= 15 is 0 Å². The highest BCUT2D eigenvalue weighted by Gasteiger charge is 2.13. The molecule has 0 atom stereocenters. The van der Waals surface area contributed by atoms with Crippen LogP contribution in [0.4, 0.5) is 0 Å². The van der Waals surface area contributed by atoms with Gasteiger partial charge in [0.1, 0.15) is 0 Å². The number of carbonyl (C=O) groups excluding carboxylic acids is 1. The third-order valence-electron chi connectivity index (χ3n) is 3.70. The number of hydrogen-bond donors (Lipinski definition) is 1. The Balaban J connectivity index is 1.57. The van der Waals surface area contributed by atoms with Gasteiger partial charge in [-0.25, -0.2) is 0 Å². The van der Waals surface area contributed by atoms with Crippen molar-refractivity contribution in [3.05, 3.63) is 64.1 Å². The normalized spacial score (nSPS) is 10.7. The number of aromatic nitrogens is 3. The highest BCUT2D eigenvalue weighted by atomic mass is 35.5. The molecule has 26 heavy (non-hydrogen) atoms. The molecule has 0 fully saturated rings. The molecule has 8 heteroatoms. The SMILES string of the molecule is Cn1c(SCC(=O)NCc2ccccc2Cl)nnc1-c1ccc(Cl)cc1. The van der Waals surface area contributed by atoms with Crippen LogP contribution in [-0.4, -0.2) is 26.4 Å². The Morgan fingerprint density at radius 1 is 1.12 bits per heavy atom. The van der Waals surface area contributed by atoms with Crippen molar-refractivity contribution in [2.24, 2.45) is 7.05 Å². The minimum absolute atomic E-state index is 0.0917. The molecule has 0 spiro atoms. The second-order valence-corrected chi connectivity index (χ2v) is 7.32. The molecule has 0 aliphatic carbocycles. The zero-order chi connectivity index (χ0) is 18.5. The van der Waals surface area contributed by atoms with Crippen LogP contribution < -0.4 is 5.32 Å². The van der Waals surface area contributed by atoms with Crippen molar-refractivity contribution in [2.75, 3.05) is 5.75 Å². The molecular formula is C18H16Cl2N4OS. The van der Waals surface area contributed by atoms with Crippen LogP contribution in [0, 0.1) is 0 Å². The molecule has 0 saturated carbocycles. The molecule has 0 saturated heterocycles. The number of thioether (sulfide) groups is 1. The second kappa shape index (κ2) is 8.58. The zero-order valence-corrected chi connectivity index (χ0v) is 16.3. The standard InChI is InChI=1S/C18H16Cl2N4OS/c1-24-17(12-6-8-14(19)9-7-12)22-23-18(24)26-11-16(25)21-10-13-4-2-3-5-15(13)20/h2-9H,10-11H2,1H3,(H,21,25). The van der Waals surface area contributed by atoms with Gasteiger partial charge < -0.3 is 9.88 Å². The highest BCUT2D eigenvalue weighted by molar-refractivity contribution is 7.99. The van der Waals surface area contributed by atoms with E-state index in [0.29, 0.717) is 21.7 Å². The number of nitrogens with one attached hydrogen (secondary N) is 1. The first-order valence-electron chi connectivity index (χ1n) is 7.83. The lowest BCUT2D eigenvalue weighted by Crippen LogP contribution is -2.24. The van der Waals surface area contributed by atoms with Crippen molar-refractivity contribution >= 4 is 40.9 Å². The second-order valence-electron chi connectivity index (χ2n) is 5.53. The van der Waals surface area contributed by atoms with E-state index in [-0.39, 0.29) is 11.7 Å². The van der Waals surface area contributed by atoms with Crippen LogP contribution in [-0.2, 0) is 18.4 Å². The summed E-state index contributed by atoms with van der Waals surface area (Å²) >= 11 is 13.3. The summed E-state index contributed by atoms with van der Waals surface area (Å²) in [5.41, 5.74) is 1.80. The molecule has 5 nitrogen and oxygen atoms in total. The summed E-state index contributed by atoms with van der Waals surface area (Å²) in [5.74, 6) is 0.878. The van der Waals surface area contributed by atoms with Gasteiger partial charge in [-0.2, -0.15) is 0 Å². The maximum atomic E-state index is 12.1. The van der Waals surface area contributed by atoms with Gasteiger partial charge in [0.15, 0.2) is 11.0 Å². The van der Waals surface area contributed by atoms with E-state index in [1.807, 2.05) is 41.9 Å². The molecule has 3 aromatic rings. The fourth-order valence-corrected chi connectivity index (χ4v) is 3.38. The topological polar surface area (TPSA) is 59.8 Å². The van der Waals surface area contributed by atoms with E-state index in [0.717, 1.165) is 17.0 Å². The lowest BCUT2D eigenvalue weighted by Gasteiger charge is -2.07. The van der Waals surface area contributed by atoms with Crippen molar-refractivity contribution in [2.45, 2.75) is 11.7 Å². The van der Waals surface area contributed by atoms with Crippen LogP contribution in [0.3, 0.4) is 0 Å². The molecule has 1 heterocycles. The number of benzene rings is 2. The molecule has 0 radical (unpaired) electrons. The molecule has 0 aliphatic rings. The molecule has 0 unspecified atom stereocenters. The predicted octanol–water partition coefficient (Wildman–Crippen LogP) is 4.20. The van der Waals surface area contributed by atoms with Gasteiger partial charge in [-0.15, -0.1) is 10.2 Å². The fourth-order valence-electron chi connectivity index (χ4n) is 2.31. The van der Waals surface area contributed by atoms with Gasteiger partial charge in [-0.3, -0.25) is 4.79 Å². The molecule has 1 N–H and O–H groups in total. The molecule has 1 aromatic heterocycles. The summed E-state index contributed by atoms with van der Waals surface area (Å²) < 4.78 is 1.86. The smallest absolute Gasteiger partial charge is 0.230 e. The number of rotatable bonds is 6. The summed E-state index contributed by atoms with van der Waals surface area (Å²) in [6.45, 7) is 0.397. The van der Waals surface area contributed by atoms with Gasteiger partial charge in [0.25, 0.3) is 0 Å². The Hall–Kier alpha value is -2.02. The molecular weight excluding hydrogens is 391 g/mol. The molecule has 1 amide bonds. The summed E-state index contributed by atoms with van der Waals surface area (Å²) in [4.78, 5) is 12.1. The van der Waals surface area contributed by atoms with Gasteiger partial charge in [0, 0.05) is 29.2 Å². The van der Waals surface area contributed by atoms with Crippen molar-refractivity contribution in [3.8, 4) is 11.4 Å². The average molecular weight is 407 g/mol. The van der Waals surface area contributed by atoms with E-state index in [2.05, 4.69) is 15.5 Å². The zero-order valence-electron chi connectivity index (χ0n) is 13.9. The summed E-state index contributed by atoms with van der Waals surface area (Å²) in [5, 5.41) is 13.2. The van der Waals surface area contributed by atoms with E-state index in [1.165, 1.54) is 11.8 Å². The monoisotopic (exact) mass is 406 g/mol. The Morgan fingerprint density at radius 3 is 2.58 bits per heavy atom. The van der Waals surface area contributed by atoms with E-state index in [9.17, 15) is 4.79 Å². The van der Waals surface area contributed by atoms with Crippen LogP contribution in [0.2, 0.25) is 10.0 Å². The first-order valence-corrected chi connectivity index (χ1v) is 9.57. The van der Waals surface area contributed by atoms with Gasteiger partial charge in [-0.05, 0) is 35.9 Å². The van der Waals surface area contributed by atoms with Crippen molar-refractivity contribution < 1.29 is 4.79 Å². The highest BCUT2D eigenvalue weighted by Crippen LogP contribution is 2.23. The summed E-state index contributed by atoms with van der Waals surface area (Å²) in [7, 11) is 1.87. The summed E-state index contributed by atoms with van der Waals surface area (Å²) in [6, 6.07) is 14.8. The van der Waals surface area contributed by atoms with Gasteiger partial charge in [0.2, 0.25) is 5.91 Å². The first kappa shape index (κ1) is 18.8. The van der Waals surface area contributed by atoms with Gasteiger partial charge >= 0.3 is 0 Å². The van der Waals surface area contributed by atoms with Crippen molar-refractivity contribution in [1.82, 2.24) is 20.1 Å². The third kappa shape index (κ3) is 4.58. The quantitative estimate of drug-likeness (QED) is 0.623. The minimum Gasteiger partial charge on any atom is -0.351 e. The van der Waals surface area contributed by atoms with Crippen LogP contribution in [0.1, 0.15) is 5.56 Å². The van der Waals surface area contributed by atoms with Gasteiger partial charge in [-0.1, -0.05) is 53.2 Å². The van der Waals surface area contributed by atoms with Crippen LogP contribution in [0.25, 0.3) is 11.4 Å². The van der Waals surface area contributed by atoms with Crippen LogP contribution in [0.5, 0.6) is 0 Å². The van der Waals surface area contributed by atoms with E-state index in [4.69, 9.17) is 23.2 Å². The average Bonchev–Trinajstić information content (AvgIpc) is 3.00. The summed E-state index contributed by atoms with van der Waals surface area (Å²) in [6.07, 6.45) is 0. The molecule has 2 aromatic carbocycles. The van der Waals surface area contributed by atoms with E-state index < -0.39 is 0 Å². The minimum atomic E-state index is -0.0917. The Labute approximate surface area is 165 Å². The van der Waals surface area contributed by atoms with Crippen LogP contribution >= 0.6 is 35.0 Å². The third-order valence-corrected chi connectivity index (χ3v) is 5.34. The lowest BCUT2D eigenvalue weighted by atomic mass is 10.2. The molecule has 0 bridgehead atoms. The number of hydrogen-bond acceptors (Lipinski definition) is 4.